The fourth-order valence-corrected chi connectivity index (χ4v) is 1.65. The molecule has 0 aliphatic rings. The summed E-state index contributed by atoms with van der Waals surface area (Å²) in [4.78, 5) is 21.6. The minimum Gasteiger partial charge on any atom is -0.481 e. The van der Waals surface area contributed by atoms with Gasteiger partial charge in [-0.05, 0) is 24.9 Å². The Morgan fingerprint density at radius 1 is 1.28 bits per heavy atom. The molecule has 0 saturated heterocycles. The Labute approximate surface area is 106 Å². The van der Waals surface area contributed by atoms with Gasteiger partial charge in [0.1, 0.15) is 0 Å². The molecular weight excluding hydrogens is 232 g/mol. The van der Waals surface area contributed by atoms with E-state index in [4.69, 9.17) is 10.8 Å². The third kappa shape index (κ3) is 5.45. The molecular formula is C13H18N2O3. The molecule has 0 unspecified atom stereocenters. The molecule has 0 aliphatic carbocycles. The van der Waals surface area contributed by atoms with Crippen LogP contribution in [0.5, 0.6) is 0 Å². The van der Waals surface area contributed by atoms with E-state index in [1.54, 1.807) is 0 Å². The Balaban J connectivity index is 2.34. The minimum atomic E-state index is -0.925. The van der Waals surface area contributed by atoms with Crippen LogP contribution in [0.2, 0.25) is 0 Å². The number of nitrogens with two attached hydrogens (primary N) is 1. The van der Waals surface area contributed by atoms with E-state index in [2.05, 4.69) is 5.32 Å². The van der Waals surface area contributed by atoms with Gasteiger partial charge >= 0.3 is 5.97 Å². The van der Waals surface area contributed by atoms with E-state index in [1.807, 2.05) is 30.3 Å². The average molecular weight is 250 g/mol. The summed E-state index contributed by atoms with van der Waals surface area (Å²) in [6.45, 7) is 0.594. The Hall–Kier alpha value is -1.88. The highest BCUT2D eigenvalue weighted by Gasteiger charge is 2.15. The lowest BCUT2D eigenvalue weighted by Crippen LogP contribution is -2.42. The lowest BCUT2D eigenvalue weighted by atomic mass is 10.1. The fourth-order valence-electron chi connectivity index (χ4n) is 1.65. The highest BCUT2D eigenvalue weighted by molar-refractivity contribution is 5.80. The smallest absolute Gasteiger partial charge is 0.303 e. The number of amides is 1. The van der Waals surface area contributed by atoms with Gasteiger partial charge in [0.15, 0.2) is 0 Å². The molecule has 0 bridgehead atoms. The Kier molecular flexibility index (Phi) is 5.87. The maximum absolute atomic E-state index is 11.1. The van der Waals surface area contributed by atoms with Gasteiger partial charge in [0.25, 0.3) is 0 Å². The van der Waals surface area contributed by atoms with Gasteiger partial charge in [-0.1, -0.05) is 30.3 Å². The summed E-state index contributed by atoms with van der Waals surface area (Å²) in [5.41, 5.74) is 6.37. The van der Waals surface area contributed by atoms with Crippen molar-refractivity contribution in [2.24, 2.45) is 5.73 Å². The molecule has 0 heterocycles. The maximum atomic E-state index is 11.1. The molecule has 1 aromatic rings. The number of primary amides is 1. The van der Waals surface area contributed by atoms with Crippen LogP contribution in [0.3, 0.4) is 0 Å². The van der Waals surface area contributed by atoms with E-state index in [0.29, 0.717) is 6.54 Å². The second-order valence-electron chi connectivity index (χ2n) is 4.08. The van der Waals surface area contributed by atoms with Gasteiger partial charge in [-0.2, -0.15) is 0 Å². The summed E-state index contributed by atoms with van der Waals surface area (Å²) in [7, 11) is 0. The molecule has 5 heteroatoms. The zero-order valence-electron chi connectivity index (χ0n) is 10.1. The lowest BCUT2D eigenvalue weighted by molar-refractivity contribution is -0.137. The first kappa shape index (κ1) is 14.2. The van der Waals surface area contributed by atoms with Gasteiger partial charge in [0.2, 0.25) is 5.91 Å². The second-order valence-corrected chi connectivity index (χ2v) is 4.08. The lowest BCUT2D eigenvalue weighted by Gasteiger charge is -2.14. The van der Waals surface area contributed by atoms with Crippen molar-refractivity contribution in [1.82, 2.24) is 5.32 Å². The number of aliphatic carboxylic acids is 1. The fraction of sp³-hybridized carbons (Fsp3) is 0.385. The van der Waals surface area contributed by atoms with Crippen LogP contribution in [0, 0.1) is 0 Å². The molecule has 98 valence electrons. The Bertz CT molecular complexity index is 392. The van der Waals surface area contributed by atoms with Crippen LogP contribution in [0.25, 0.3) is 0 Å². The zero-order chi connectivity index (χ0) is 13.4. The van der Waals surface area contributed by atoms with Crippen LogP contribution in [-0.2, 0) is 16.0 Å². The Morgan fingerprint density at radius 3 is 2.50 bits per heavy atom. The molecule has 5 nitrogen and oxygen atoms in total. The highest BCUT2D eigenvalue weighted by atomic mass is 16.4. The van der Waals surface area contributed by atoms with E-state index in [9.17, 15) is 9.59 Å². The molecule has 0 radical (unpaired) electrons. The largest absolute Gasteiger partial charge is 0.481 e. The van der Waals surface area contributed by atoms with Crippen molar-refractivity contribution in [3.05, 3.63) is 35.9 Å². The third-order valence-corrected chi connectivity index (χ3v) is 2.64. The second kappa shape index (κ2) is 7.45. The average Bonchev–Trinajstić information content (AvgIpc) is 2.34. The van der Waals surface area contributed by atoms with E-state index < -0.39 is 17.9 Å². The summed E-state index contributed by atoms with van der Waals surface area (Å²) in [6.07, 6.45) is 0.934. The summed E-state index contributed by atoms with van der Waals surface area (Å²) >= 11 is 0. The number of benzene rings is 1. The number of carboxylic acids is 1. The molecule has 1 amide bonds. The third-order valence-electron chi connectivity index (χ3n) is 2.64. The number of hydrogen-bond acceptors (Lipinski definition) is 3. The van der Waals surface area contributed by atoms with E-state index >= 15 is 0 Å². The maximum Gasteiger partial charge on any atom is 0.303 e. The number of carboxylic acid groups (broad SMARTS) is 1. The van der Waals surface area contributed by atoms with Gasteiger partial charge in [0, 0.05) is 6.42 Å². The molecule has 0 aromatic heterocycles. The predicted octanol–water partition coefficient (Wildman–Crippen LogP) is 0.537. The number of hydrogen-bond donors (Lipinski definition) is 3. The predicted molar refractivity (Wildman–Crippen MR) is 68.0 cm³/mol. The number of carbonyl (C=O) groups excluding carboxylic acids is 1. The first-order valence-corrected chi connectivity index (χ1v) is 5.88. The van der Waals surface area contributed by atoms with Crippen molar-refractivity contribution in [2.75, 3.05) is 6.54 Å². The molecule has 0 saturated carbocycles. The monoisotopic (exact) mass is 250 g/mol. The standard InChI is InChI=1S/C13H18N2O3/c14-13(18)11(6-7-12(16)17)15-9-8-10-4-2-1-3-5-10/h1-5,11,15H,6-9H2,(H2,14,18)(H,16,17)/t11-/m0/s1. The number of carbonyl (C=O) groups is 2. The van der Waals surface area contributed by atoms with E-state index in [-0.39, 0.29) is 12.8 Å². The molecule has 18 heavy (non-hydrogen) atoms. The van der Waals surface area contributed by atoms with Crippen LogP contribution in [0.15, 0.2) is 30.3 Å². The van der Waals surface area contributed by atoms with Crippen molar-refractivity contribution in [3.63, 3.8) is 0 Å². The van der Waals surface area contributed by atoms with E-state index in [0.717, 1.165) is 12.0 Å². The van der Waals surface area contributed by atoms with Crippen molar-refractivity contribution >= 4 is 11.9 Å². The molecule has 0 fully saturated rings. The van der Waals surface area contributed by atoms with Crippen LogP contribution in [0.4, 0.5) is 0 Å². The first-order chi connectivity index (χ1) is 8.59. The van der Waals surface area contributed by atoms with Gasteiger partial charge in [0.05, 0.1) is 6.04 Å². The van der Waals surface area contributed by atoms with E-state index in [1.165, 1.54) is 0 Å². The summed E-state index contributed by atoms with van der Waals surface area (Å²) in [5.74, 6) is -1.43. The molecule has 0 aliphatic heterocycles. The van der Waals surface area contributed by atoms with Crippen molar-refractivity contribution in [3.8, 4) is 0 Å². The van der Waals surface area contributed by atoms with Crippen LogP contribution < -0.4 is 11.1 Å². The van der Waals surface area contributed by atoms with Crippen LogP contribution in [0.1, 0.15) is 18.4 Å². The molecule has 1 atom stereocenters. The van der Waals surface area contributed by atoms with Crippen LogP contribution >= 0.6 is 0 Å². The van der Waals surface area contributed by atoms with Crippen molar-refractivity contribution in [1.29, 1.82) is 0 Å². The highest BCUT2D eigenvalue weighted by Crippen LogP contribution is 2.00. The van der Waals surface area contributed by atoms with Gasteiger partial charge < -0.3 is 16.2 Å². The molecule has 1 rings (SSSR count). The topological polar surface area (TPSA) is 92.4 Å². The summed E-state index contributed by atoms with van der Waals surface area (Å²) in [6, 6.07) is 9.26. The van der Waals surface area contributed by atoms with Crippen LogP contribution in [-0.4, -0.2) is 29.6 Å². The summed E-state index contributed by atoms with van der Waals surface area (Å²) in [5, 5.41) is 11.6. The van der Waals surface area contributed by atoms with Gasteiger partial charge in [-0.15, -0.1) is 0 Å². The SMILES string of the molecule is NC(=O)[C@H](CCC(=O)O)NCCc1ccccc1. The number of nitrogens with one attached hydrogen (secondary N) is 1. The quantitative estimate of drug-likeness (QED) is 0.627. The molecule has 0 spiro atoms. The number of rotatable bonds is 8. The molecule has 4 N–H and O–H groups in total. The van der Waals surface area contributed by atoms with Gasteiger partial charge in [-0.25, -0.2) is 0 Å². The zero-order valence-corrected chi connectivity index (χ0v) is 10.1. The normalized spacial score (nSPS) is 12.0. The summed E-state index contributed by atoms with van der Waals surface area (Å²) < 4.78 is 0. The van der Waals surface area contributed by atoms with Crippen molar-refractivity contribution in [2.45, 2.75) is 25.3 Å². The van der Waals surface area contributed by atoms with Crippen molar-refractivity contribution < 1.29 is 14.7 Å². The molecule has 1 aromatic carbocycles. The van der Waals surface area contributed by atoms with Gasteiger partial charge in [-0.3, -0.25) is 9.59 Å². The first-order valence-electron chi connectivity index (χ1n) is 5.88. The Morgan fingerprint density at radius 2 is 1.94 bits per heavy atom. The minimum absolute atomic E-state index is 0.0635.